The van der Waals surface area contributed by atoms with Crippen LogP contribution in [-0.2, 0) is 9.05 Å². The highest BCUT2D eigenvalue weighted by Gasteiger charge is 2.15. The number of rotatable bonds is 2. The second-order valence-electron chi connectivity index (χ2n) is 3.30. The van der Waals surface area contributed by atoms with Gasteiger partial charge in [0.1, 0.15) is 5.01 Å². The molecule has 0 fully saturated rings. The van der Waals surface area contributed by atoms with Crippen LogP contribution in [0, 0.1) is 6.92 Å². The van der Waals surface area contributed by atoms with Crippen molar-refractivity contribution in [3.05, 3.63) is 35.2 Å². The van der Waals surface area contributed by atoms with Gasteiger partial charge in [-0.05, 0) is 13.0 Å². The molecule has 0 aliphatic carbocycles. The van der Waals surface area contributed by atoms with Gasteiger partial charge in [0, 0.05) is 21.6 Å². The summed E-state index contributed by atoms with van der Waals surface area (Å²) < 4.78 is 22.1. The van der Waals surface area contributed by atoms with Crippen molar-refractivity contribution < 1.29 is 8.42 Å². The van der Waals surface area contributed by atoms with Crippen molar-refractivity contribution in [1.29, 1.82) is 0 Å². The summed E-state index contributed by atoms with van der Waals surface area (Å²) in [6.07, 6.45) is 0. The van der Waals surface area contributed by atoms with Crippen molar-refractivity contribution >= 4 is 31.1 Å². The molecule has 0 saturated heterocycles. The predicted molar refractivity (Wildman–Crippen MR) is 65.3 cm³/mol. The Morgan fingerprint density at radius 1 is 1.38 bits per heavy atom. The van der Waals surface area contributed by atoms with E-state index in [0.717, 1.165) is 11.1 Å². The van der Waals surface area contributed by atoms with Gasteiger partial charge in [0.25, 0.3) is 9.05 Å². The van der Waals surface area contributed by atoms with Crippen LogP contribution in [0.15, 0.2) is 34.7 Å². The number of nitrogens with zero attached hydrogens (tertiary/aromatic N) is 1. The van der Waals surface area contributed by atoms with Crippen LogP contribution in [0.3, 0.4) is 0 Å². The minimum absolute atomic E-state index is 0.0873. The Balaban J connectivity index is 2.47. The van der Waals surface area contributed by atoms with Gasteiger partial charge >= 0.3 is 0 Å². The number of halogens is 1. The molecule has 2 aromatic rings. The molecule has 84 valence electrons. The lowest BCUT2D eigenvalue weighted by Gasteiger charge is -1.96. The van der Waals surface area contributed by atoms with Gasteiger partial charge in [-0.25, -0.2) is 13.4 Å². The molecule has 0 radical (unpaired) electrons. The van der Waals surface area contributed by atoms with E-state index in [1.54, 1.807) is 0 Å². The Morgan fingerprint density at radius 3 is 2.69 bits per heavy atom. The summed E-state index contributed by atoms with van der Waals surface area (Å²) in [6.45, 7) is 1.97. The van der Waals surface area contributed by atoms with Crippen LogP contribution in [0.5, 0.6) is 0 Å². The lowest BCUT2D eigenvalue weighted by molar-refractivity contribution is 0.607. The first kappa shape index (κ1) is 11.6. The van der Waals surface area contributed by atoms with Gasteiger partial charge in [-0.15, -0.1) is 11.3 Å². The molecule has 0 unspecified atom stereocenters. The van der Waals surface area contributed by atoms with Gasteiger partial charge in [-0.2, -0.15) is 0 Å². The van der Waals surface area contributed by atoms with Crippen LogP contribution in [0.1, 0.15) is 5.56 Å². The monoisotopic (exact) mass is 273 g/mol. The third-order valence-corrected chi connectivity index (χ3v) is 4.22. The normalized spacial score (nSPS) is 11.6. The smallest absolute Gasteiger partial charge is 0.223 e. The fraction of sp³-hybridized carbons (Fsp3) is 0.100. The number of thiazole rings is 1. The highest BCUT2D eigenvalue weighted by atomic mass is 35.7. The van der Waals surface area contributed by atoms with E-state index in [-0.39, 0.29) is 5.03 Å². The number of hydrogen-bond donors (Lipinski definition) is 0. The van der Waals surface area contributed by atoms with Crippen molar-refractivity contribution in [2.75, 3.05) is 0 Å². The predicted octanol–water partition coefficient (Wildman–Crippen LogP) is 3.05. The van der Waals surface area contributed by atoms with Crippen LogP contribution in [0.25, 0.3) is 10.6 Å². The second-order valence-corrected chi connectivity index (χ2v) is 6.67. The largest absolute Gasteiger partial charge is 0.279 e. The van der Waals surface area contributed by atoms with Crippen molar-refractivity contribution in [2.45, 2.75) is 11.9 Å². The van der Waals surface area contributed by atoms with E-state index in [1.807, 2.05) is 31.2 Å². The summed E-state index contributed by atoms with van der Waals surface area (Å²) in [4.78, 5) is 3.99. The minimum Gasteiger partial charge on any atom is -0.223 e. The average molecular weight is 274 g/mol. The number of hydrogen-bond acceptors (Lipinski definition) is 4. The molecular formula is C10H8ClNO2S2. The highest BCUT2D eigenvalue weighted by Crippen LogP contribution is 2.27. The minimum atomic E-state index is -3.73. The van der Waals surface area contributed by atoms with Gasteiger partial charge in [0.2, 0.25) is 0 Å². The third-order valence-electron chi connectivity index (χ3n) is 2.00. The SMILES string of the molecule is Cc1cccc(-c2nc(S(=O)(=O)Cl)cs2)c1. The molecule has 1 aromatic carbocycles. The van der Waals surface area contributed by atoms with Crippen LogP contribution >= 0.6 is 22.0 Å². The highest BCUT2D eigenvalue weighted by molar-refractivity contribution is 8.13. The first-order valence-corrected chi connectivity index (χ1v) is 7.63. The Labute approximate surface area is 102 Å². The van der Waals surface area contributed by atoms with E-state index in [2.05, 4.69) is 4.98 Å². The summed E-state index contributed by atoms with van der Waals surface area (Å²) in [7, 11) is 1.48. The van der Waals surface area contributed by atoms with Crippen LogP contribution in [-0.4, -0.2) is 13.4 Å². The first-order chi connectivity index (χ1) is 7.47. The molecule has 1 aromatic heterocycles. The van der Waals surface area contributed by atoms with E-state index in [9.17, 15) is 8.42 Å². The molecule has 2 rings (SSSR count). The van der Waals surface area contributed by atoms with Gasteiger partial charge in [0.15, 0.2) is 5.03 Å². The van der Waals surface area contributed by atoms with Gasteiger partial charge in [0.05, 0.1) is 0 Å². The molecule has 0 amide bonds. The summed E-state index contributed by atoms with van der Waals surface area (Å²) in [6, 6.07) is 7.71. The fourth-order valence-corrected chi connectivity index (χ4v) is 3.25. The Hall–Kier alpha value is -0.910. The Kier molecular flexibility index (Phi) is 3.01. The van der Waals surface area contributed by atoms with Crippen molar-refractivity contribution in [3.8, 4) is 10.6 Å². The van der Waals surface area contributed by atoms with Gasteiger partial charge < -0.3 is 0 Å². The molecule has 0 aliphatic heterocycles. The molecule has 0 aliphatic rings. The molecule has 0 saturated carbocycles. The van der Waals surface area contributed by atoms with Crippen molar-refractivity contribution in [3.63, 3.8) is 0 Å². The van der Waals surface area contributed by atoms with E-state index >= 15 is 0 Å². The zero-order valence-electron chi connectivity index (χ0n) is 8.34. The molecule has 0 bridgehead atoms. The van der Waals surface area contributed by atoms with Gasteiger partial charge in [-0.3, -0.25) is 0 Å². The van der Waals surface area contributed by atoms with Gasteiger partial charge in [-0.1, -0.05) is 23.8 Å². The molecule has 0 N–H and O–H groups in total. The maximum Gasteiger partial charge on any atom is 0.279 e. The molecule has 3 nitrogen and oxygen atoms in total. The van der Waals surface area contributed by atoms with Crippen LogP contribution < -0.4 is 0 Å². The topological polar surface area (TPSA) is 47.0 Å². The zero-order chi connectivity index (χ0) is 11.8. The standard InChI is InChI=1S/C10H8ClNO2S2/c1-7-3-2-4-8(5-7)10-12-9(6-15-10)16(11,13)14/h2-6H,1H3. The molecule has 6 heteroatoms. The lowest BCUT2D eigenvalue weighted by atomic mass is 10.1. The summed E-state index contributed by atoms with van der Waals surface area (Å²) >= 11 is 1.26. The maximum absolute atomic E-state index is 11.1. The van der Waals surface area contributed by atoms with Crippen LogP contribution in [0.4, 0.5) is 0 Å². The molecule has 0 spiro atoms. The second kappa shape index (κ2) is 4.16. The lowest BCUT2D eigenvalue weighted by Crippen LogP contribution is -1.90. The first-order valence-electron chi connectivity index (χ1n) is 4.44. The van der Waals surface area contributed by atoms with E-state index in [0.29, 0.717) is 5.01 Å². The summed E-state index contributed by atoms with van der Waals surface area (Å²) in [5.74, 6) is 0. The molecule has 16 heavy (non-hydrogen) atoms. The van der Waals surface area contributed by atoms with Crippen molar-refractivity contribution in [1.82, 2.24) is 4.98 Å². The quantitative estimate of drug-likeness (QED) is 0.790. The Bertz CT molecular complexity index is 619. The molecular weight excluding hydrogens is 266 g/mol. The maximum atomic E-state index is 11.1. The number of aryl methyl sites for hydroxylation is 1. The van der Waals surface area contributed by atoms with Crippen LogP contribution in [0.2, 0.25) is 0 Å². The number of aromatic nitrogens is 1. The fourth-order valence-electron chi connectivity index (χ4n) is 1.28. The summed E-state index contributed by atoms with van der Waals surface area (Å²) in [5, 5.41) is 2.01. The molecule has 0 atom stereocenters. The third kappa shape index (κ3) is 2.42. The van der Waals surface area contributed by atoms with E-state index in [1.165, 1.54) is 16.7 Å². The zero-order valence-corrected chi connectivity index (χ0v) is 10.7. The average Bonchev–Trinajstić information content (AvgIpc) is 2.65. The molecule has 1 heterocycles. The Morgan fingerprint density at radius 2 is 2.12 bits per heavy atom. The van der Waals surface area contributed by atoms with E-state index < -0.39 is 9.05 Å². The number of benzene rings is 1. The summed E-state index contributed by atoms with van der Waals surface area (Å²) in [5.41, 5.74) is 2.00. The van der Waals surface area contributed by atoms with E-state index in [4.69, 9.17) is 10.7 Å². The van der Waals surface area contributed by atoms with Crippen molar-refractivity contribution in [2.24, 2.45) is 0 Å².